The normalized spacial score (nSPS) is 30.0. The minimum absolute atomic E-state index is 0.0837. The average Bonchev–Trinajstić information content (AvgIpc) is 3.02. The molecular formula is C12H16N2O5S. The van der Waals surface area contributed by atoms with Crippen molar-refractivity contribution in [3.05, 3.63) is 11.5 Å². The fourth-order valence-corrected chi connectivity index (χ4v) is 5.74. The van der Waals surface area contributed by atoms with Crippen molar-refractivity contribution in [3.8, 4) is 0 Å². The van der Waals surface area contributed by atoms with Gasteiger partial charge in [-0.25, -0.2) is 8.42 Å². The van der Waals surface area contributed by atoms with Gasteiger partial charge in [0, 0.05) is 12.1 Å². The van der Waals surface area contributed by atoms with Crippen molar-refractivity contribution in [1.82, 2.24) is 9.46 Å². The summed E-state index contributed by atoms with van der Waals surface area (Å²) in [5, 5.41) is 12.9. The maximum absolute atomic E-state index is 12.8. The molecule has 0 saturated carbocycles. The van der Waals surface area contributed by atoms with Gasteiger partial charge in [0.25, 0.3) is 0 Å². The van der Waals surface area contributed by atoms with E-state index in [4.69, 9.17) is 4.52 Å². The van der Waals surface area contributed by atoms with Gasteiger partial charge in [0.15, 0.2) is 5.76 Å². The Labute approximate surface area is 116 Å². The number of hydrogen-bond donors (Lipinski definition) is 1. The fraction of sp³-hybridized carbons (Fsp3) is 0.667. The molecule has 2 aliphatic heterocycles. The second-order valence-electron chi connectivity index (χ2n) is 5.47. The molecule has 3 rings (SSSR count). The van der Waals surface area contributed by atoms with Crippen molar-refractivity contribution in [2.75, 3.05) is 0 Å². The lowest BCUT2D eigenvalue weighted by Crippen LogP contribution is -2.38. The predicted molar refractivity (Wildman–Crippen MR) is 67.6 cm³/mol. The predicted octanol–water partition coefficient (Wildman–Crippen LogP) is 0.918. The highest BCUT2D eigenvalue weighted by Gasteiger charge is 2.55. The van der Waals surface area contributed by atoms with Crippen LogP contribution in [0.2, 0.25) is 0 Å². The maximum Gasteiger partial charge on any atom is 0.308 e. The Morgan fingerprint density at radius 1 is 1.40 bits per heavy atom. The number of carbonyl (C=O) groups is 1. The van der Waals surface area contributed by atoms with Crippen LogP contribution in [-0.4, -0.2) is 41.0 Å². The fourth-order valence-electron chi connectivity index (χ4n) is 3.53. The van der Waals surface area contributed by atoms with Crippen molar-refractivity contribution in [1.29, 1.82) is 0 Å². The summed E-state index contributed by atoms with van der Waals surface area (Å²) in [6.45, 7) is 3.13. The Hall–Kier alpha value is -1.41. The number of aliphatic carboxylic acids is 1. The van der Waals surface area contributed by atoms with E-state index in [1.165, 1.54) is 4.31 Å². The van der Waals surface area contributed by atoms with E-state index in [-0.39, 0.29) is 16.7 Å². The number of aryl methyl sites for hydroxylation is 2. The molecule has 0 aliphatic carbocycles. The number of carboxylic acids is 1. The summed E-state index contributed by atoms with van der Waals surface area (Å²) >= 11 is 0. The lowest BCUT2D eigenvalue weighted by molar-refractivity contribution is -0.142. The van der Waals surface area contributed by atoms with E-state index < -0.39 is 28.0 Å². The third-order valence-electron chi connectivity index (χ3n) is 4.29. The molecule has 0 spiro atoms. The van der Waals surface area contributed by atoms with Gasteiger partial charge < -0.3 is 9.63 Å². The molecular weight excluding hydrogens is 284 g/mol. The number of nitrogens with zero attached hydrogens (tertiary/aromatic N) is 2. The highest BCUT2D eigenvalue weighted by molar-refractivity contribution is 7.89. The van der Waals surface area contributed by atoms with Gasteiger partial charge in [0.05, 0.1) is 5.92 Å². The lowest BCUT2D eigenvalue weighted by atomic mass is 9.89. The zero-order valence-corrected chi connectivity index (χ0v) is 12.1. The highest BCUT2D eigenvalue weighted by atomic mass is 32.2. The van der Waals surface area contributed by atoms with E-state index in [9.17, 15) is 18.3 Å². The van der Waals surface area contributed by atoms with Gasteiger partial charge in [-0.1, -0.05) is 5.16 Å². The monoisotopic (exact) mass is 300 g/mol. The van der Waals surface area contributed by atoms with E-state index in [0.29, 0.717) is 18.5 Å². The Bertz CT molecular complexity index is 646. The quantitative estimate of drug-likeness (QED) is 0.890. The number of sulfonamides is 1. The molecule has 3 heterocycles. The first-order chi connectivity index (χ1) is 9.34. The van der Waals surface area contributed by atoms with Gasteiger partial charge in [0.2, 0.25) is 10.0 Å². The summed E-state index contributed by atoms with van der Waals surface area (Å²) in [7, 11) is -3.75. The topological polar surface area (TPSA) is 101 Å². The van der Waals surface area contributed by atoms with E-state index in [0.717, 1.165) is 6.42 Å². The summed E-state index contributed by atoms with van der Waals surface area (Å²) < 4.78 is 31.9. The van der Waals surface area contributed by atoms with Gasteiger partial charge in [-0.05, 0) is 33.1 Å². The second kappa shape index (κ2) is 4.29. The Morgan fingerprint density at radius 2 is 2.10 bits per heavy atom. The number of aromatic nitrogens is 1. The van der Waals surface area contributed by atoms with Crippen molar-refractivity contribution >= 4 is 16.0 Å². The molecule has 2 bridgehead atoms. The molecule has 1 N–H and O–H groups in total. The minimum atomic E-state index is -3.75. The summed E-state index contributed by atoms with van der Waals surface area (Å²) in [6.07, 6.45) is 1.71. The summed E-state index contributed by atoms with van der Waals surface area (Å²) in [5.41, 5.74) is 0.320. The van der Waals surface area contributed by atoms with Gasteiger partial charge >= 0.3 is 5.97 Å². The molecule has 7 nitrogen and oxygen atoms in total. The second-order valence-corrected chi connectivity index (χ2v) is 7.25. The molecule has 20 heavy (non-hydrogen) atoms. The zero-order valence-electron chi connectivity index (χ0n) is 11.2. The average molecular weight is 300 g/mol. The summed E-state index contributed by atoms with van der Waals surface area (Å²) in [6, 6.07) is -0.670. The van der Waals surface area contributed by atoms with Gasteiger partial charge in [-0.2, -0.15) is 4.31 Å². The van der Waals surface area contributed by atoms with Crippen LogP contribution >= 0.6 is 0 Å². The third-order valence-corrected chi connectivity index (χ3v) is 6.52. The van der Waals surface area contributed by atoms with Crippen LogP contribution in [0.25, 0.3) is 0 Å². The molecule has 0 radical (unpaired) electrons. The Balaban J connectivity index is 2.04. The SMILES string of the molecule is Cc1noc(C)c1S(=O)(=O)N1C2CCC1C(C(=O)O)C2. The van der Waals surface area contributed by atoms with E-state index in [2.05, 4.69) is 5.16 Å². The van der Waals surface area contributed by atoms with Crippen LogP contribution in [0.5, 0.6) is 0 Å². The molecule has 0 amide bonds. The molecule has 0 aromatic carbocycles. The highest BCUT2D eigenvalue weighted by Crippen LogP contribution is 2.45. The third kappa shape index (κ3) is 1.71. The number of fused-ring (bicyclic) bond motifs is 2. The molecule has 2 saturated heterocycles. The Morgan fingerprint density at radius 3 is 2.60 bits per heavy atom. The van der Waals surface area contributed by atoms with Crippen molar-refractivity contribution in [2.45, 2.75) is 50.1 Å². The van der Waals surface area contributed by atoms with Crippen LogP contribution in [0.4, 0.5) is 0 Å². The molecule has 1 aromatic heterocycles. The first kappa shape index (κ1) is 13.6. The first-order valence-electron chi connectivity index (χ1n) is 6.53. The summed E-state index contributed by atoms with van der Waals surface area (Å²) in [4.78, 5) is 11.3. The van der Waals surface area contributed by atoms with Gasteiger partial charge in [0.1, 0.15) is 10.6 Å². The number of carboxylic acid groups (broad SMARTS) is 1. The van der Waals surface area contributed by atoms with Crippen LogP contribution in [-0.2, 0) is 14.8 Å². The van der Waals surface area contributed by atoms with Crippen LogP contribution < -0.4 is 0 Å². The van der Waals surface area contributed by atoms with E-state index in [1.807, 2.05) is 0 Å². The molecule has 3 unspecified atom stereocenters. The van der Waals surface area contributed by atoms with Crippen LogP contribution in [0.15, 0.2) is 9.42 Å². The van der Waals surface area contributed by atoms with E-state index in [1.54, 1.807) is 13.8 Å². The number of rotatable bonds is 3. The van der Waals surface area contributed by atoms with Crippen molar-refractivity contribution < 1.29 is 22.8 Å². The molecule has 2 fully saturated rings. The molecule has 110 valence electrons. The maximum atomic E-state index is 12.8. The largest absolute Gasteiger partial charge is 0.481 e. The van der Waals surface area contributed by atoms with Crippen LogP contribution in [0.1, 0.15) is 30.7 Å². The zero-order chi connectivity index (χ0) is 14.7. The molecule has 2 aliphatic rings. The molecule has 1 aromatic rings. The smallest absolute Gasteiger partial charge is 0.308 e. The van der Waals surface area contributed by atoms with Crippen LogP contribution in [0, 0.1) is 19.8 Å². The van der Waals surface area contributed by atoms with E-state index >= 15 is 0 Å². The standard InChI is InChI=1S/C12H16N2O5S/c1-6-11(7(2)19-13-6)20(17,18)14-8-3-4-10(14)9(5-8)12(15)16/h8-10H,3-5H2,1-2H3,(H,15,16). The van der Waals surface area contributed by atoms with Gasteiger partial charge in [-0.3, -0.25) is 4.79 Å². The summed E-state index contributed by atoms with van der Waals surface area (Å²) in [5.74, 6) is -1.28. The minimum Gasteiger partial charge on any atom is -0.481 e. The lowest BCUT2D eigenvalue weighted by Gasteiger charge is -2.22. The Kier molecular flexibility index (Phi) is 2.91. The molecule has 3 atom stereocenters. The van der Waals surface area contributed by atoms with Crippen LogP contribution in [0.3, 0.4) is 0 Å². The van der Waals surface area contributed by atoms with Crippen molar-refractivity contribution in [2.24, 2.45) is 5.92 Å². The van der Waals surface area contributed by atoms with Crippen molar-refractivity contribution in [3.63, 3.8) is 0 Å². The van der Waals surface area contributed by atoms with Gasteiger partial charge in [-0.15, -0.1) is 0 Å². The number of hydrogen-bond acceptors (Lipinski definition) is 5. The molecule has 8 heteroatoms. The first-order valence-corrected chi connectivity index (χ1v) is 7.97.